The predicted molar refractivity (Wildman–Crippen MR) is 60.7 cm³/mol. The van der Waals surface area contributed by atoms with E-state index in [1.165, 1.54) is 7.11 Å². The molecule has 0 amide bonds. The fraction of sp³-hybridized carbons (Fsp3) is 0.417. The molecule has 0 saturated carbocycles. The van der Waals surface area contributed by atoms with Crippen LogP contribution >= 0.6 is 0 Å². The zero-order valence-corrected chi connectivity index (χ0v) is 10.1. The first kappa shape index (κ1) is 11.6. The summed E-state index contributed by atoms with van der Waals surface area (Å²) in [6.07, 6.45) is 1.59. The van der Waals surface area contributed by atoms with Gasteiger partial charge in [-0.25, -0.2) is 4.79 Å². The maximum absolute atomic E-state index is 11.9. The van der Waals surface area contributed by atoms with Gasteiger partial charge in [0.25, 0.3) is 0 Å². The van der Waals surface area contributed by atoms with Crippen molar-refractivity contribution in [3.05, 3.63) is 29.4 Å². The van der Waals surface area contributed by atoms with Crippen molar-refractivity contribution in [2.75, 3.05) is 20.8 Å². The van der Waals surface area contributed by atoms with Crippen molar-refractivity contribution in [2.24, 2.45) is 0 Å². The van der Waals surface area contributed by atoms with Crippen LogP contribution in [-0.4, -0.2) is 31.6 Å². The lowest BCUT2D eigenvalue weighted by atomic mass is 10.1. The maximum Gasteiger partial charge on any atom is 0.358 e. The Labute approximate surface area is 99.6 Å². The molecule has 0 atom stereocenters. The summed E-state index contributed by atoms with van der Waals surface area (Å²) in [4.78, 5) is 13.6. The number of likely N-dealkylation sites (N-methyl/N-ethyl adjacent to an activating group) is 1. The van der Waals surface area contributed by atoms with Crippen molar-refractivity contribution in [3.63, 3.8) is 0 Å². The maximum atomic E-state index is 11.9. The van der Waals surface area contributed by atoms with Gasteiger partial charge in [-0.1, -0.05) is 0 Å². The second kappa shape index (κ2) is 4.53. The lowest BCUT2D eigenvalue weighted by Gasteiger charge is -2.27. The molecule has 0 aliphatic carbocycles. The normalized spacial score (nSPS) is 14.6. The van der Waals surface area contributed by atoms with Crippen LogP contribution in [0.3, 0.4) is 0 Å². The number of hydrogen-bond donors (Lipinski definition) is 0. The Bertz CT molecular complexity index is 461. The number of esters is 1. The van der Waals surface area contributed by atoms with E-state index in [0.29, 0.717) is 24.6 Å². The van der Waals surface area contributed by atoms with E-state index < -0.39 is 0 Å². The number of ether oxygens (including phenoxy) is 2. The van der Waals surface area contributed by atoms with Crippen LogP contribution in [0.15, 0.2) is 22.4 Å². The van der Waals surface area contributed by atoms with Gasteiger partial charge in [-0.15, -0.1) is 0 Å². The highest BCUT2D eigenvalue weighted by atomic mass is 16.5. The number of carbonyl (C=O) groups is 1. The molecule has 92 valence electrons. The van der Waals surface area contributed by atoms with Crippen LogP contribution in [0.5, 0.6) is 0 Å². The number of hydrogen-bond acceptors (Lipinski definition) is 5. The van der Waals surface area contributed by atoms with Crippen molar-refractivity contribution < 1.29 is 18.7 Å². The van der Waals surface area contributed by atoms with Crippen LogP contribution in [0.25, 0.3) is 5.76 Å². The van der Waals surface area contributed by atoms with Crippen LogP contribution in [0.2, 0.25) is 0 Å². The number of nitrogens with zero attached hydrogens (tertiary/aromatic N) is 1. The second-order valence-electron chi connectivity index (χ2n) is 3.72. The van der Waals surface area contributed by atoms with Gasteiger partial charge in [0.15, 0.2) is 11.5 Å². The zero-order valence-electron chi connectivity index (χ0n) is 10.1. The molecule has 5 nitrogen and oxygen atoms in total. The van der Waals surface area contributed by atoms with E-state index in [1.54, 1.807) is 31.2 Å². The molecule has 0 N–H and O–H groups in total. The van der Waals surface area contributed by atoms with Crippen molar-refractivity contribution in [3.8, 4) is 0 Å². The molecule has 1 aromatic heterocycles. The summed E-state index contributed by atoms with van der Waals surface area (Å²) in [5.41, 5.74) is 1.25. The van der Waals surface area contributed by atoms with Gasteiger partial charge in [0.1, 0.15) is 5.76 Å². The summed E-state index contributed by atoms with van der Waals surface area (Å²) in [6, 6.07) is 1.79. The Kier molecular flexibility index (Phi) is 3.08. The van der Waals surface area contributed by atoms with E-state index >= 15 is 0 Å². The first-order valence-corrected chi connectivity index (χ1v) is 5.42. The number of rotatable bonds is 3. The van der Waals surface area contributed by atoms with Gasteiger partial charge in [-0.2, -0.15) is 0 Å². The fourth-order valence-electron chi connectivity index (χ4n) is 1.92. The largest absolute Gasteiger partial charge is 0.494 e. The minimum absolute atomic E-state index is 0.339. The molecule has 2 heterocycles. The Morgan fingerprint density at radius 2 is 2.35 bits per heavy atom. The molecule has 1 aromatic rings. The average molecular weight is 237 g/mol. The Balaban J connectivity index is 2.48. The summed E-state index contributed by atoms with van der Waals surface area (Å²) in [7, 11) is 3.33. The standard InChI is InChI=1S/C12H15NO4/c1-4-16-12(14)10-11(15-3)8-5-6-17-9(8)7-13(10)2/h5-6H,4,7H2,1-3H3. The molecule has 0 fully saturated rings. The molecule has 1 aliphatic heterocycles. The van der Waals surface area contributed by atoms with Crippen molar-refractivity contribution >= 4 is 11.7 Å². The highest BCUT2D eigenvalue weighted by Gasteiger charge is 2.31. The molecular formula is C12H15NO4. The van der Waals surface area contributed by atoms with Crippen molar-refractivity contribution in [2.45, 2.75) is 13.5 Å². The van der Waals surface area contributed by atoms with Gasteiger partial charge in [0.05, 0.1) is 32.1 Å². The molecule has 5 heteroatoms. The van der Waals surface area contributed by atoms with E-state index in [0.717, 1.165) is 11.3 Å². The minimum atomic E-state index is -0.376. The molecule has 2 rings (SSSR count). The second-order valence-corrected chi connectivity index (χ2v) is 3.72. The molecule has 0 bridgehead atoms. The van der Waals surface area contributed by atoms with E-state index in [9.17, 15) is 4.79 Å². The molecule has 0 spiro atoms. The summed E-state index contributed by atoms with van der Waals surface area (Å²) in [5.74, 6) is 0.914. The molecular weight excluding hydrogens is 222 g/mol. The van der Waals surface area contributed by atoms with Gasteiger partial charge < -0.3 is 18.8 Å². The summed E-state index contributed by atoms with van der Waals surface area (Å²) in [6.45, 7) is 2.64. The smallest absolute Gasteiger partial charge is 0.358 e. The van der Waals surface area contributed by atoms with Crippen LogP contribution in [0.1, 0.15) is 18.2 Å². The molecule has 0 aromatic carbocycles. The first-order valence-electron chi connectivity index (χ1n) is 5.42. The van der Waals surface area contributed by atoms with Crippen molar-refractivity contribution in [1.82, 2.24) is 4.90 Å². The van der Waals surface area contributed by atoms with Gasteiger partial charge >= 0.3 is 5.97 Å². The molecule has 1 aliphatic rings. The monoisotopic (exact) mass is 237 g/mol. The summed E-state index contributed by atoms with van der Waals surface area (Å²) >= 11 is 0. The zero-order chi connectivity index (χ0) is 12.4. The lowest BCUT2D eigenvalue weighted by Crippen LogP contribution is -2.29. The lowest BCUT2D eigenvalue weighted by molar-refractivity contribution is -0.140. The number of carbonyl (C=O) groups excluding carboxylic acids is 1. The van der Waals surface area contributed by atoms with Crippen LogP contribution in [-0.2, 0) is 20.8 Å². The number of fused-ring (bicyclic) bond motifs is 1. The third kappa shape index (κ3) is 1.88. The van der Waals surface area contributed by atoms with E-state index in [1.807, 2.05) is 0 Å². The average Bonchev–Trinajstić information content (AvgIpc) is 2.74. The Morgan fingerprint density at radius 3 is 3.00 bits per heavy atom. The van der Waals surface area contributed by atoms with Gasteiger partial charge in [0, 0.05) is 7.05 Å². The quantitative estimate of drug-likeness (QED) is 0.747. The van der Waals surface area contributed by atoms with Crippen LogP contribution < -0.4 is 0 Å². The van der Waals surface area contributed by atoms with Gasteiger partial charge in [0.2, 0.25) is 0 Å². The van der Waals surface area contributed by atoms with Crippen LogP contribution in [0.4, 0.5) is 0 Å². The molecule has 0 radical (unpaired) electrons. The van der Waals surface area contributed by atoms with Gasteiger partial charge in [-0.05, 0) is 13.0 Å². The predicted octanol–water partition coefficient (Wildman–Crippen LogP) is 1.60. The Morgan fingerprint density at radius 1 is 1.59 bits per heavy atom. The van der Waals surface area contributed by atoms with E-state index in [2.05, 4.69) is 0 Å². The third-order valence-corrected chi connectivity index (χ3v) is 2.64. The SMILES string of the molecule is CCOC(=O)C1=C(OC)c2ccoc2CN1C. The molecule has 17 heavy (non-hydrogen) atoms. The summed E-state index contributed by atoms with van der Waals surface area (Å²) < 4.78 is 15.7. The summed E-state index contributed by atoms with van der Waals surface area (Å²) in [5, 5.41) is 0. The minimum Gasteiger partial charge on any atom is -0.494 e. The third-order valence-electron chi connectivity index (χ3n) is 2.64. The topological polar surface area (TPSA) is 51.9 Å². The fourth-order valence-corrected chi connectivity index (χ4v) is 1.92. The molecule has 0 saturated heterocycles. The highest BCUT2D eigenvalue weighted by molar-refractivity contribution is 5.96. The number of methoxy groups -OCH3 is 1. The van der Waals surface area contributed by atoms with E-state index in [-0.39, 0.29) is 5.97 Å². The number of furan rings is 1. The van der Waals surface area contributed by atoms with E-state index in [4.69, 9.17) is 13.9 Å². The van der Waals surface area contributed by atoms with Crippen LogP contribution in [0, 0.1) is 0 Å². The van der Waals surface area contributed by atoms with Gasteiger partial charge in [-0.3, -0.25) is 0 Å². The first-order chi connectivity index (χ1) is 8.19. The highest BCUT2D eigenvalue weighted by Crippen LogP contribution is 2.32. The Hall–Kier alpha value is -1.91. The molecule has 0 unspecified atom stereocenters. The van der Waals surface area contributed by atoms with Crippen molar-refractivity contribution in [1.29, 1.82) is 0 Å².